The maximum Gasteiger partial charge on any atom is 0.333 e. The van der Waals surface area contributed by atoms with Gasteiger partial charge in [-0.2, -0.15) is 0 Å². The molecule has 0 aliphatic carbocycles. The Morgan fingerprint density at radius 1 is 0.247 bits per heavy atom. The van der Waals surface area contributed by atoms with E-state index in [4.69, 9.17) is 37.9 Å². The highest BCUT2D eigenvalue weighted by Gasteiger charge is 2.56. The quantitative estimate of drug-likeness (QED) is 0.0223. The smallest absolute Gasteiger partial charge is 0.333 e. The third-order valence-corrected chi connectivity index (χ3v) is 32.8. The van der Waals surface area contributed by atoms with Crippen LogP contribution >= 0.6 is 0 Å². The summed E-state index contributed by atoms with van der Waals surface area (Å²) in [6.45, 7) is 34.2. The van der Waals surface area contributed by atoms with Crippen molar-refractivity contribution in [2.75, 3.05) is 13.2 Å². The Bertz CT molecular complexity index is 3270. The molecule has 16 nitrogen and oxygen atoms in total. The summed E-state index contributed by atoms with van der Waals surface area (Å²) in [5, 5.41) is 37.6. The van der Waals surface area contributed by atoms with Crippen LogP contribution in [0.2, 0.25) is 0 Å². The van der Waals surface area contributed by atoms with Crippen LogP contribution in [0.1, 0.15) is 657 Å². The summed E-state index contributed by atoms with van der Waals surface area (Å²) < 4.78 is 52.3. The normalized spacial score (nSPS) is 20.1. The number of unbranched alkanes of at least 4 members (excludes halogenated alkanes) is 70. The number of rotatable bonds is 105. The number of esters is 5. The number of aliphatic hydroxyl groups excluding tert-OH is 3. The first-order valence-corrected chi connectivity index (χ1v) is 65.4. The van der Waals surface area contributed by atoms with Crippen molar-refractivity contribution in [1.82, 2.24) is 0 Å². The average Bonchev–Trinajstić information content (AvgIpc) is 0.779. The van der Waals surface area contributed by atoms with Crippen molar-refractivity contribution >= 4 is 29.8 Å². The molecule has 3 N–H and O–H groups in total. The Labute approximate surface area is 927 Å². The first-order chi connectivity index (χ1) is 72.7. The number of carbonyl (C=O) groups excluding carboxylic acids is 5. The van der Waals surface area contributed by atoms with Crippen LogP contribution in [0.3, 0.4) is 0 Å². The standard InChI is InChI=1S/C134H248O16/c1-18-23-28-33-38-43-48-53-58-61-65-70-75-80-84-89-94-109(7)99-113(11)103-117(15)130(140)147-125-120(106-135)144-133(127(124(125)138)149-132(142)119(17)105-115(13)101-111(9)96-91-86-79-74-69-64-57-52-47-42-37-32-27-22-5)150-134-128(146-122(136)97-92-87-82-77-72-67-60-55-50-45-40-35-30-25-20-3)126(148-131(141)118(16)104-114(12)100-110(8)95-90-85-81-76-71-66-62-59-54-49-44-39-34-29-24-19-2)123(137)121(145-134)107-143-129(139)116(14)102-112(10)98-108(6)93-88-83-78-73-68-63-56-51-46-41-36-31-26-21-4/h102-105,108-115,120-121,123-128,133-135,137-138H,18-101,106-107H2,1-17H3/b116-102+,117-103+,118-104+,119-105+/t108-,109-,110-,111-,112-,113-,114-,115-,120?,121?,123+,124?,125+,126?,127-,128+,133+,134+/m0/s1. The van der Waals surface area contributed by atoms with Crippen molar-refractivity contribution < 1.29 is 77.2 Å². The summed E-state index contributed by atoms with van der Waals surface area (Å²) in [5.74, 6) is -2.16. The van der Waals surface area contributed by atoms with Gasteiger partial charge in [0.25, 0.3) is 0 Å². The summed E-state index contributed by atoms with van der Waals surface area (Å²) in [6, 6.07) is 0. The molecule has 0 bridgehead atoms. The van der Waals surface area contributed by atoms with Crippen molar-refractivity contribution in [3.05, 3.63) is 46.6 Å². The van der Waals surface area contributed by atoms with E-state index >= 15 is 9.59 Å². The Morgan fingerprint density at radius 3 is 0.700 bits per heavy atom. The minimum absolute atomic E-state index is 0.00187. The van der Waals surface area contributed by atoms with Crippen molar-refractivity contribution in [3.63, 3.8) is 0 Å². The topological polar surface area (TPSA) is 220 Å². The second-order valence-electron chi connectivity index (χ2n) is 48.9. The minimum Gasteiger partial charge on any atom is -0.459 e. The van der Waals surface area contributed by atoms with E-state index in [0.29, 0.717) is 41.2 Å². The fourth-order valence-corrected chi connectivity index (χ4v) is 23.4. The Balaban J connectivity index is 2.70. The molecule has 4 unspecified atom stereocenters. The molecule has 2 aliphatic heterocycles. The fourth-order valence-electron chi connectivity index (χ4n) is 23.4. The van der Waals surface area contributed by atoms with Crippen molar-refractivity contribution in [1.29, 1.82) is 0 Å². The predicted octanol–water partition coefficient (Wildman–Crippen LogP) is 39.1. The van der Waals surface area contributed by atoms with Crippen LogP contribution in [0.5, 0.6) is 0 Å². The summed E-state index contributed by atoms with van der Waals surface area (Å²) >= 11 is 0. The van der Waals surface area contributed by atoms with Crippen LogP contribution in [0.4, 0.5) is 0 Å². The number of aliphatic hydroxyl groups is 3. The summed E-state index contributed by atoms with van der Waals surface area (Å²) in [7, 11) is 0. The van der Waals surface area contributed by atoms with Gasteiger partial charge < -0.3 is 53.2 Å². The lowest BCUT2D eigenvalue weighted by atomic mass is 9.91. The molecule has 0 amide bonds. The van der Waals surface area contributed by atoms with Gasteiger partial charge in [0.1, 0.15) is 31.0 Å². The molecule has 2 aliphatic rings. The van der Waals surface area contributed by atoms with Crippen LogP contribution in [0, 0.1) is 47.3 Å². The lowest BCUT2D eigenvalue weighted by Gasteiger charge is -2.47. The second-order valence-corrected chi connectivity index (χ2v) is 48.9. The zero-order valence-electron chi connectivity index (χ0n) is 102. The molecule has 0 aromatic rings. The van der Waals surface area contributed by atoms with E-state index in [1.807, 2.05) is 24.3 Å². The van der Waals surface area contributed by atoms with E-state index in [9.17, 15) is 29.7 Å². The van der Waals surface area contributed by atoms with Gasteiger partial charge in [0.15, 0.2) is 24.4 Å². The molecule has 0 spiro atoms. The molecule has 0 saturated carbocycles. The first-order valence-electron chi connectivity index (χ1n) is 65.4. The molecular weight excluding hydrogens is 1870 g/mol. The van der Waals surface area contributed by atoms with E-state index in [1.54, 1.807) is 27.7 Å². The second kappa shape index (κ2) is 98.2. The highest BCUT2D eigenvalue weighted by molar-refractivity contribution is 5.89. The zero-order chi connectivity index (χ0) is 110. The Hall–Kier alpha value is -3.93. The van der Waals surface area contributed by atoms with E-state index in [0.717, 1.165) is 103 Å². The number of hydrogen-bond acceptors (Lipinski definition) is 16. The zero-order valence-corrected chi connectivity index (χ0v) is 102. The van der Waals surface area contributed by atoms with E-state index < -0.39 is 104 Å². The van der Waals surface area contributed by atoms with E-state index in [1.165, 1.54) is 424 Å². The molecule has 2 heterocycles. The average molecular weight is 2120 g/mol. The van der Waals surface area contributed by atoms with Gasteiger partial charge in [-0.1, -0.05) is 615 Å². The van der Waals surface area contributed by atoms with Gasteiger partial charge in [0.05, 0.1) is 6.61 Å². The molecule has 16 heteroatoms. The van der Waals surface area contributed by atoms with Crippen LogP contribution in [0.25, 0.3) is 0 Å². The van der Waals surface area contributed by atoms with Crippen LogP contribution < -0.4 is 0 Å². The Kier molecular flexibility index (Phi) is 93.1. The lowest BCUT2D eigenvalue weighted by molar-refractivity contribution is -0.377. The molecular formula is C134H248O16. The summed E-state index contributed by atoms with van der Waals surface area (Å²) in [5.41, 5.74) is 1.18. The SMILES string of the molecule is CCCCCCCCCCCCCCCCCC[C@H](C)C[C@H](C)/C=C(\C)C(=O)OC1[C@H](O)C(COC(=O)/C(C)=C/[C@@H](C)C[C@@H](C)CCCCCCCCCCCCCCCC)O[C@H](O[C@H]2OC(CO)[C@@H](OC(=O)/C(C)=C/[C@@H](C)C[C@@H](C)CCCCCCCCCCCCCCCCCC)C(O)[C@@H]2OC(=O)/C(C)=C/[C@@H](C)C[C@@H](C)CCCCCCCCCCCCCCCC)[C@@H]1OC(=O)CCCCCCCCCCCCCCCCC. The lowest BCUT2D eigenvalue weighted by Crippen LogP contribution is -2.66. The molecule has 2 saturated heterocycles. The van der Waals surface area contributed by atoms with E-state index in [2.05, 4.69) is 90.0 Å². The molecule has 150 heavy (non-hydrogen) atoms. The Morgan fingerprint density at radius 2 is 0.453 bits per heavy atom. The molecule has 0 aromatic carbocycles. The largest absolute Gasteiger partial charge is 0.459 e. The molecule has 2 rings (SSSR count). The molecule has 0 radical (unpaired) electrons. The minimum atomic E-state index is -1.92. The predicted molar refractivity (Wildman–Crippen MR) is 633 cm³/mol. The number of allylic oxidation sites excluding steroid dienone is 4. The highest BCUT2D eigenvalue weighted by Crippen LogP contribution is 2.38. The molecule has 2 fully saturated rings. The third-order valence-electron chi connectivity index (χ3n) is 32.8. The maximum absolute atomic E-state index is 15.1. The van der Waals surface area contributed by atoms with Gasteiger partial charge in [-0.25, -0.2) is 19.2 Å². The van der Waals surface area contributed by atoms with Crippen LogP contribution in [-0.2, 0) is 61.9 Å². The molecule has 880 valence electrons. The number of ether oxygens (including phenoxy) is 8. The van der Waals surface area contributed by atoms with E-state index in [-0.39, 0.29) is 41.2 Å². The monoisotopic (exact) mass is 2110 g/mol. The first kappa shape index (κ1) is 142. The maximum atomic E-state index is 15.1. The van der Waals surface area contributed by atoms with Gasteiger partial charge in [-0.05, 0) is 107 Å². The summed E-state index contributed by atoms with van der Waals surface area (Å²) in [4.78, 5) is 74.2. The fraction of sp³-hybridized carbons (Fsp3) is 0.903. The molecule has 18 atom stereocenters. The van der Waals surface area contributed by atoms with Gasteiger partial charge in [0, 0.05) is 28.7 Å². The highest BCUT2D eigenvalue weighted by atomic mass is 16.8. The van der Waals surface area contributed by atoms with Gasteiger partial charge >= 0.3 is 29.8 Å². The van der Waals surface area contributed by atoms with Gasteiger partial charge in [-0.3, -0.25) is 4.79 Å². The van der Waals surface area contributed by atoms with Crippen molar-refractivity contribution in [2.24, 2.45) is 47.3 Å². The van der Waals surface area contributed by atoms with Crippen LogP contribution in [-0.4, -0.2) is 120 Å². The third kappa shape index (κ3) is 76.7. The molecule has 0 aromatic heterocycles. The number of carbonyl (C=O) groups is 5. The van der Waals surface area contributed by atoms with Crippen LogP contribution in [0.15, 0.2) is 46.6 Å². The van der Waals surface area contributed by atoms with Crippen molar-refractivity contribution in [3.8, 4) is 0 Å². The number of hydrogen-bond donors (Lipinski definition) is 3. The summed E-state index contributed by atoms with van der Waals surface area (Å²) in [6.07, 6.45) is 93.7. The van der Waals surface area contributed by atoms with Gasteiger partial charge in [0.2, 0.25) is 12.6 Å². The van der Waals surface area contributed by atoms with Crippen molar-refractivity contribution in [2.45, 2.75) is 718 Å². The van der Waals surface area contributed by atoms with Gasteiger partial charge in [-0.15, -0.1) is 0 Å².